The maximum absolute atomic E-state index is 10.4. The molecule has 2 unspecified atom stereocenters. The summed E-state index contributed by atoms with van der Waals surface area (Å²) in [4.78, 5) is 10.4. The van der Waals surface area contributed by atoms with E-state index in [1.807, 2.05) is 0 Å². The summed E-state index contributed by atoms with van der Waals surface area (Å²) in [5.74, 6) is -0.233. The van der Waals surface area contributed by atoms with E-state index in [-0.39, 0.29) is 0 Å². The zero-order valence-electron chi connectivity index (χ0n) is 10.2. The number of ether oxygens (including phenoxy) is 1. The van der Waals surface area contributed by atoms with Crippen molar-refractivity contribution in [3.63, 3.8) is 0 Å². The van der Waals surface area contributed by atoms with E-state index in [1.165, 1.54) is 25.3 Å². The van der Waals surface area contributed by atoms with Crippen LogP contribution in [0.2, 0.25) is 0 Å². The van der Waals surface area contributed by atoms with Gasteiger partial charge in [0.15, 0.2) is 0 Å². The minimum Gasteiger partial charge on any atom is -0.478 e. The third-order valence-electron chi connectivity index (χ3n) is 3.26. The summed E-state index contributed by atoms with van der Waals surface area (Å²) in [6.45, 7) is 4.46. The van der Waals surface area contributed by atoms with Crippen molar-refractivity contribution in [2.75, 3.05) is 6.61 Å². The molecule has 1 N–H and O–H groups in total. The smallest absolute Gasteiger partial charge is 0.328 e. The summed E-state index contributed by atoms with van der Waals surface area (Å²) in [6, 6.07) is 0. The molecule has 2 atom stereocenters. The van der Waals surface area contributed by atoms with E-state index in [2.05, 4.69) is 6.92 Å². The minimum atomic E-state index is -0.892. The second kappa shape index (κ2) is 6.69. The third-order valence-corrected chi connectivity index (χ3v) is 3.26. The Morgan fingerprint density at radius 1 is 1.44 bits per heavy atom. The first-order chi connectivity index (χ1) is 7.63. The van der Waals surface area contributed by atoms with Crippen molar-refractivity contribution < 1.29 is 14.6 Å². The average Bonchev–Trinajstić information content (AvgIpc) is 2.26. The first kappa shape index (κ1) is 13.2. The van der Waals surface area contributed by atoms with E-state index < -0.39 is 5.97 Å². The molecule has 3 heteroatoms. The molecule has 3 nitrogen and oxygen atoms in total. The molecule has 0 aromatic rings. The predicted octanol–water partition coefficient (Wildman–Crippen LogP) is 3.00. The molecular formula is C13H22O3. The van der Waals surface area contributed by atoms with Crippen LogP contribution in [-0.2, 0) is 9.53 Å². The van der Waals surface area contributed by atoms with Crippen LogP contribution in [0.4, 0.5) is 0 Å². The van der Waals surface area contributed by atoms with Gasteiger partial charge in [0.05, 0.1) is 12.7 Å². The van der Waals surface area contributed by atoms with Crippen molar-refractivity contribution in [3.05, 3.63) is 11.6 Å². The Morgan fingerprint density at radius 3 is 2.75 bits per heavy atom. The number of carbonyl (C=O) groups is 1. The summed E-state index contributed by atoms with van der Waals surface area (Å²) in [6.07, 6.45) is 7.64. The van der Waals surface area contributed by atoms with Gasteiger partial charge in [-0.1, -0.05) is 26.2 Å². The van der Waals surface area contributed by atoms with E-state index in [0.29, 0.717) is 18.6 Å². The fourth-order valence-corrected chi connectivity index (χ4v) is 2.35. The van der Waals surface area contributed by atoms with Gasteiger partial charge in [-0.15, -0.1) is 0 Å². The molecule has 0 bridgehead atoms. The fourth-order valence-electron chi connectivity index (χ4n) is 2.35. The lowest BCUT2D eigenvalue weighted by Gasteiger charge is -2.30. The third kappa shape index (κ3) is 4.35. The summed E-state index contributed by atoms with van der Waals surface area (Å²) in [5, 5.41) is 8.59. The summed E-state index contributed by atoms with van der Waals surface area (Å²) < 4.78 is 5.82. The number of carboxylic acids is 1. The highest BCUT2D eigenvalue weighted by atomic mass is 16.5. The maximum Gasteiger partial charge on any atom is 0.328 e. The standard InChI is InChI=1S/C13H22O3/c1-3-11-6-4-5-7-12(11)16-9-10(2)8-13(14)15/h8,11-12H,3-7,9H2,1-2H3,(H,14,15). The van der Waals surface area contributed by atoms with Gasteiger partial charge in [0, 0.05) is 6.08 Å². The van der Waals surface area contributed by atoms with Gasteiger partial charge in [-0.05, 0) is 31.3 Å². The first-order valence-electron chi connectivity index (χ1n) is 6.15. The van der Waals surface area contributed by atoms with Crippen LogP contribution in [0.3, 0.4) is 0 Å². The molecular weight excluding hydrogens is 204 g/mol. The molecule has 92 valence electrons. The Labute approximate surface area is 97.5 Å². The fraction of sp³-hybridized carbons (Fsp3) is 0.769. The van der Waals surface area contributed by atoms with Gasteiger partial charge < -0.3 is 9.84 Å². The molecule has 0 aliphatic heterocycles. The van der Waals surface area contributed by atoms with Gasteiger partial charge in [0.1, 0.15) is 0 Å². The summed E-state index contributed by atoms with van der Waals surface area (Å²) >= 11 is 0. The number of hydrogen-bond acceptors (Lipinski definition) is 2. The maximum atomic E-state index is 10.4. The highest BCUT2D eigenvalue weighted by Crippen LogP contribution is 2.29. The van der Waals surface area contributed by atoms with E-state index >= 15 is 0 Å². The van der Waals surface area contributed by atoms with Crippen molar-refractivity contribution >= 4 is 5.97 Å². The topological polar surface area (TPSA) is 46.5 Å². The van der Waals surface area contributed by atoms with Crippen molar-refractivity contribution in [1.29, 1.82) is 0 Å². The van der Waals surface area contributed by atoms with Crippen LogP contribution < -0.4 is 0 Å². The van der Waals surface area contributed by atoms with Crippen LogP contribution in [0, 0.1) is 5.92 Å². The molecule has 1 rings (SSSR count). The zero-order valence-corrected chi connectivity index (χ0v) is 10.2. The first-order valence-corrected chi connectivity index (χ1v) is 6.15. The Kier molecular flexibility index (Phi) is 5.53. The highest BCUT2D eigenvalue weighted by Gasteiger charge is 2.24. The molecule has 1 aliphatic rings. The monoisotopic (exact) mass is 226 g/mol. The van der Waals surface area contributed by atoms with Crippen molar-refractivity contribution in [1.82, 2.24) is 0 Å². The van der Waals surface area contributed by atoms with Crippen molar-refractivity contribution in [3.8, 4) is 0 Å². The largest absolute Gasteiger partial charge is 0.478 e. The molecule has 0 heterocycles. The molecule has 0 aromatic carbocycles. The number of hydrogen-bond donors (Lipinski definition) is 1. The molecule has 1 aliphatic carbocycles. The number of carboxylic acid groups (broad SMARTS) is 1. The molecule has 1 fully saturated rings. The Bertz CT molecular complexity index is 258. The van der Waals surface area contributed by atoms with E-state index in [4.69, 9.17) is 9.84 Å². The van der Waals surface area contributed by atoms with Crippen LogP contribution in [0.25, 0.3) is 0 Å². The molecule has 0 radical (unpaired) electrons. The van der Waals surface area contributed by atoms with Gasteiger partial charge in [-0.25, -0.2) is 4.79 Å². The highest BCUT2D eigenvalue weighted by molar-refractivity contribution is 5.80. The van der Waals surface area contributed by atoms with Crippen LogP contribution in [0.5, 0.6) is 0 Å². The van der Waals surface area contributed by atoms with Crippen LogP contribution in [-0.4, -0.2) is 23.8 Å². The number of aliphatic carboxylic acids is 1. The Morgan fingerprint density at radius 2 is 2.12 bits per heavy atom. The normalized spacial score (nSPS) is 26.8. The van der Waals surface area contributed by atoms with E-state index in [0.717, 1.165) is 18.4 Å². The second-order valence-corrected chi connectivity index (χ2v) is 4.63. The molecule has 1 saturated carbocycles. The van der Waals surface area contributed by atoms with Gasteiger partial charge in [0.25, 0.3) is 0 Å². The SMILES string of the molecule is CCC1CCCCC1OCC(C)=CC(=O)O. The van der Waals surface area contributed by atoms with Gasteiger partial charge in [-0.2, -0.15) is 0 Å². The number of rotatable bonds is 5. The van der Waals surface area contributed by atoms with Crippen molar-refractivity contribution in [2.24, 2.45) is 5.92 Å². The molecule has 0 spiro atoms. The van der Waals surface area contributed by atoms with Crippen LogP contribution in [0.1, 0.15) is 46.0 Å². The van der Waals surface area contributed by atoms with Gasteiger partial charge in [0.2, 0.25) is 0 Å². The van der Waals surface area contributed by atoms with Gasteiger partial charge >= 0.3 is 5.97 Å². The molecule has 0 aromatic heterocycles. The average molecular weight is 226 g/mol. The minimum absolute atomic E-state index is 0.330. The van der Waals surface area contributed by atoms with Crippen molar-refractivity contribution in [2.45, 2.75) is 52.1 Å². The lowest BCUT2D eigenvalue weighted by molar-refractivity contribution is -0.131. The summed E-state index contributed by atoms with van der Waals surface area (Å²) in [7, 11) is 0. The Hall–Kier alpha value is -0.830. The molecule has 0 saturated heterocycles. The quantitative estimate of drug-likeness (QED) is 0.733. The Balaban J connectivity index is 2.38. The lowest BCUT2D eigenvalue weighted by Crippen LogP contribution is -2.27. The van der Waals surface area contributed by atoms with E-state index in [1.54, 1.807) is 6.92 Å². The van der Waals surface area contributed by atoms with Gasteiger partial charge in [-0.3, -0.25) is 0 Å². The second-order valence-electron chi connectivity index (χ2n) is 4.63. The summed E-state index contributed by atoms with van der Waals surface area (Å²) in [5.41, 5.74) is 0.785. The van der Waals surface area contributed by atoms with Crippen LogP contribution >= 0.6 is 0 Å². The lowest BCUT2D eigenvalue weighted by atomic mass is 9.85. The molecule has 0 amide bonds. The molecule has 16 heavy (non-hydrogen) atoms. The van der Waals surface area contributed by atoms with Crippen LogP contribution in [0.15, 0.2) is 11.6 Å². The predicted molar refractivity (Wildman–Crippen MR) is 63.4 cm³/mol. The zero-order chi connectivity index (χ0) is 12.0. The van der Waals surface area contributed by atoms with E-state index in [9.17, 15) is 4.79 Å².